The van der Waals surface area contributed by atoms with Gasteiger partial charge >= 0.3 is 6.09 Å². The van der Waals surface area contributed by atoms with Crippen LogP contribution in [0.4, 0.5) is 4.79 Å². The van der Waals surface area contributed by atoms with Crippen LogP contribution >= 0.6 is 15.9 Å². The molecule has 2 aromatic carbocycles. The van der Waals surface area contributed by atoms with Crippen LogP contribution in [0.1, 0.15) is 45.2 Å². The summed E-state index contributed by atoms with van der Waals surface area (Å²) in [4.78, 5) is 14.2. The highest BCUT2D eigenvalue weighted by Gasteiger charge is 2.22. The molecule has 2 aromatic rings. The standard InChI is InChI=1S/C22H28BrNO3/c1-5-13-24(21(25)27-22(2,3)4)15-18-11-12-19(14-20(18)23)26-16-17-9-7-6-8-10-17/h6-12,14H,5,13,15-16H2,1-4H3. The summed E-state index contributed by atoms with van der Waals surface area (Å²) in [5.74, 6) is 0.786. The average Bonchev–Trinajstić information content (AvgIpc) is 2.61. The van der Waals surface area contributed by atoms with E-state index in [1.54, 1.807) is 4.90 Å². The van der Waals surface area contributed by atoms with E-state index in [2.05, 4.69) is 15.9 Å². The maximum absolute atomic E-state index is 12.5. The Hall–Kier alpha value is -2.01. The van der Waals surface area contributed by atoms with Crippen molar-refractivity contribution in [2.45, 2.75) is 52.9 Å². The molecule has 2 rings (SSSR count). The van der Waals surface area contributed by atoms with E-state index in [-0.39, 0.29) is 6.09 Å². The molecule has 27 heavy (non-hydrogen) atoms. The van der Waals surface area contributed by atoms with Crippen LogP contribution in [0.2, 0.25) is 0 Å². The summed E-state index contributed by atoms with van der Waals surface area (Å²) in [5, 5.41) is 0. The number of hydrogen-bond donors (Lipinski definition) is 0. The number of rotatable bonds is 7. The first-order valence-electron chi connectivity index (χ1n) is 9.21. The lowest BCUT2D eigenvalue weighted by molar-refractivity contribution is 0.0233. The van der Waals surface area contributed by atoms with E-state index >= 15 is 0 Å². The number of carbonyl (C=O) groups excluding carboxylic acids is 1. The zero-order chi connectivity index (χ0) is 19.9. The van der Waals surface area contributed by atoms with Crippen LogP contribution < -0.4 is 4.74 Å². The van der Waals surface area contributed by atoms with Gasteiger partial charge in [-0.15, -0.1) is 0 Å². The van der Waals surface area contributed by atoms with Gasteiger partial charge in [-0.25, -0.2) is 4.79 Å². The van der Waals surface area contributed by atoms with Crippen molar-refractivity contribution in [1.29, 1.82) is 0 Å². The zero-order valence-electron chi connectivity index (χ0n) is 16.5. The Morgan fingerprint density at radius 1 is 1.11 bits per heavy atom. The molecule has 0 saturated heterocycles. The van der Waals surface area contributed by atoms with Gasteiger partial charge in [0.05, 0.1) is 6.54 Å². The minimum Gasteiger partial charge on any atom is -0.489 e. The van der Waals surface area contributed by atoms with Gasteiger partial charge < -0.3 is 14.4 Å². The molecule has 0 aromatic heterocycles. The molecule has 0 atom stereocenters. The van der Waals surface area contributed by atoms with E-state index in [1.807, 2.05) is 76.2 Å². The Morgan fingerprint density at radius 2 is 1.81 bits per heavy atom. The second kappa shape index (κ2) is 9.79. The van der Waals surface area contributed by atoms with E-state index in [0.29, 0.717) is 19.7 Å². The lowest BCUT2D eigenvalue weighted by Crippen LogP contribution is -2.37. The van der Waals surface area contributed by atoms with E-state index in [0.717, 1.165) is 27.8 Å². The first kappa shape index (κ1) is 21.3. The molecule has 0 N–H and O–H groups in total. The number of benzene rings is 2. The molecule has 146 valence electrons. The number of halogens is 1. The smallest absolute Gasteiger partial charge is 0.410 e. The lowest BCUT2D eigenvalue weighted by atomic mass is 10.2. The molecular formula is C22H28BrNO3. The summed E-state index contributed by atoms with van der Waals surface area (Å²) in [6.45, 7) is 9.34. The summed E-state index contributed by atoms with van der Waals surface area (Å²) >= 11 is 3.60. The van der Waals surface area contributed by atoms with Crippen molar-refractivity contribution in [3.63, 3.8) is 0 Å². The molecule has 0 unspecified atom stereocenters. The van der Waals surface area contributed by atoms with Crippen LogP contribution in [0, 0.1) is 0 Å². The molecule has 0 saturated carbocycles. The predicted octanol–water partition coefficient (Wildman–Crippen LogP) is 6.18. The van der Waals surface area contributed by atoms with Gasteiger partial charge in [0, 0.05) is 11.0 Å². The van der Waals surface area contributed by atoms with Crippen LogP contribution in [0.25, 0.3) is 0 Å². The highest BCUT2D eigenvalue weighted by atomic mass is 79.9. The summed E-state index contributed by atoms with van der Waals surface area (Å²) in [5.41, 5.74) is 1.63. The van der Waals surface area contributed by atoms with Gasteiger partial charge in [0.15, 0.2) is 0 Å². The fraction of sp³-hybridized carbons (Fsp3) is 0.409. The lowest BCUT2D eigenvalue weighted by Gasteiger charge is -2.27. The summed E-state index contributed by atoms with van der Waals surface area (Å²) in [7, 11) is 0. The molecular weight excluding hydrogens is 406 g/mol. The van der Waals surface area contributed by atoms with Gasteiger partial charge in [0.1, 0.15) is 18.0 Å². The Kier molecular flexibility index (Phi) is 7.72. The van der Waals surface area contributed by atoms with Gasteiger partial charge in [-0.3, -0.25) is 0 Å². The third kappa shape index (κ3) is 7.25. The number of amides is 1. The minimum absolute atomic E-state index is 0.291. The second-order valence-electron chi connectivity index (χ2n) is 7.43. The summed E-state index contributed by atoms with van der Waals surface area (Å²) in [6, 6.07) is 15.9. The Morgan fingerprint density at radius 3 is 2.41 bits per heavy atom. The zero-order valence-corrected chi connectivity index (χ0v) is 18.1. The average molecular weight is 434 g/mol. The molecule has 0 heterocycles. The number of ether oxygens (including phenoxy) is 2. The highest BCUT2D eigenvalue weighted by molar-refractivity contribution is 9.10. The van der Waals surface area contributed by atoms with Crippen molar-refractivity contribution >= 4 is 22.0 Å². The van der Waals surface area contributed by atoms with Gasteiger partial charge in [0.2, 0.25) is 0 Å². The molecule has 0 radical (unpaired) electrons. The number of hydrogen-bond acceptors (Lipinski definition) is 3. The largest absolute Gasteiger partial charge is 0.489 e. The quantitative estimate of drug-likeness (QED) is 0.523. The van der Waals surface area contributed by atoms with Crippen molar-refractivity contribution in [3.05, 3.63) is 64.1 Å². The molecule has 0 spiro atoms. The Balaban J connectivity index is 2.03. The predicted molar refractivity (Wildman–Crippen MR) is 112 cm³/mol. The summed E-state index contributed by atoms with van der Waals surface area (Å²) in [6.07, 6.45) is 0.579. The van der Waals surface area contributed by atoms with E-state index in [9.17, 15) is 4.79 Å². The van der Waals surface area contributed by atoms with Crippen LogP contribution in [0.5, 0.6) is 5.75 Å². The minimum atomic E-state index is -0.505. The third-order valence-corrected chi connectivity index (χ3v) is 4.52. The van der Waals surface area contributed by atoms with Crippen molar-refractivity contribution in [2.24, 2.45) is 0 Å². The molecule has 0 fully saturated rings. The molecule has 4 nitrogen and oxygen atoms in total. The van der Waals surface area contributed by atoms with Crippen molar-refractivity contribution in [2.75, 3.05) is 6.54 Å². The van der Waals surface area contributed by atoms with Gasteiger partial charge in [0.25, 0.3) is 0 Å². The molecule has 0 bridgehead atoms. The highest BCUT2D eigenvalue weighted by Crippen LogP contribution is 2.25. The topological polar surface area (TPSA) is 38.8 Å². The van der Waals surface area contributed by atoms with E-state index < -0.39 is 5.60 Å². The molecule has 1 amide bonds. The van der Waals surface area contributed by atoms with E-state index in [1.165, 1.54) is 0 Å². The van der Waals surface area contributed by atoms with Gasteiger partial charge in [-0.2, -0.15) is 0 Å². The van der Waals surface area contributed by atoms with Gasteiger partial charge in [-0.1, -0.05) is 59.3 Å². The second-order valence-corrected chi connectivity index (χ2v) is 8.28. The first-order valence-corrected chi connectivity index (χ1v) is 10.0. The fourth-order valence-corrected chi connectivity index (χ4v) is 3.01. The van der Waals surface area contributed by atoms with Crippen LogP contribution in [0.15, 0.2) is 53.0 Å². The van der Waals surface area contributed by atoms with Crippen molar-refractivity contribution in [1.82, 2.24) is 4.90 Å². The Labute approximate surface area is 170 Å². The number of carbonyl (C=O) groups is 1. The molecule has 0 aliphatic rings. The van der Waals surface area contributed by atoms with Crippen molar-refractivity contribution < 1.29 is 14.3 Å². The summed E-state index contributed by atoms with van der Waals surface area (Å²) < 4.78 is 12.3. The van der Waals surface area contributed by atoms with E-state index in [4.69, 9.17) is 9.47 Å². The van der Waals surface area contributed by atoms with Crippen molar-refractivity contribution in [3.8, 4) is 5.75 Å². The van der Waals surface area contributed by atoms with Crippen LogP contribution in [-0.2, 0) is 17.9 Å². The fourth-order valence-electron chi connectivity index (χ4n) is 2.52. The maximum atomic E-state index is 12.5. The van der Waals surface area contributed by atoms with Crippen LogP contribution in [0.3, 0.4) is 0 Å². The molecule has 0 aliphatic heterocycles. The SMILES string of the molecule is CCCN(Cc1ccc(OCc2ccccc2)cc1Br)C(=O)OC(C)(C)C. The maximum Gasteiger partial charge on any atom is 0.410 e. The first-order chi connectivity index (χ1) is 12.8. The molecule has 0 aliphatic carbocycles. The Bertz CT molecular complexity index is 741. The third-order valence-electron chi connectivity index (χ3n) is 3.78. The van der Waals surface area contributed by atoms with Crippen LogP contribution in [-0.4, -0.2) is 23.1 Å². The molecule has 5 heteroatoms. The number of nitrogens with zero attached hydrogens (tertiary/aromatic N) is 1. The monoisotopic (exact) mass is 433 g/mol. The van der Waals surface area contributed by atoms with Gasteiger partial charge in [-0.05, 0) is 50.5 Å². The normalized spacial score (nSPS) is 11.1.